The van der Waals surface area contributed by atoms with Gasteiger partial charge in [-0.1, -0.05) is 13.8 Å². The van der Waals surface area contributed by atoms with Crippen molar-refractivity contribution in [2.45, 2.75) is 43.6 Å². The van der Waals surface area contributed by atoms with Crippen molar-refractivity contribution in [1.29, 1.82) is 0 Å². The van der Waals surface area contributed by atoms with E-state index in [2.05, 4.69) is 10.4 Å². The lowest BCUT2D eigenvalue weighted by molar-refractivity contribution is 0.0816. The largest absolute Gasteiger partial charge is 0.381 e. The quantitative estimate of drug-likeness (QED) is 0.635. The molecule has 3 rings (SSSR count). The molecule has 1 aliphatic rings. The first kappa shape index (κ1) is 25.6. The Morgan fingerprint density at radius 2 is 1.85 bits per heavy atom. The molecule has 0 bridgehead atoms. The fourth-order valence-electron chi connectivity index (χ4n) is 3.89. The van der Waals surface area contributed by atoms with Crippen LogP contribution in [0.2, 0.25) is 0 Å². The van der Waals surface area contributed by atoms with E-state index < -0.39 is 32.8 Å². The summed E-state index contributed by atoms with van der Waals surface area (Å²) in [4.78, 5) is 26.3. The highest BCUT2D eigenvalue weighted by atomic mass is 32.2. The summed E-state index contributed by atoms with van der Waals surface area (Å²) in [5.41, 5.74) is 1.61. The second-order valence-electron chi connectivity index (χ2n) is 8.75. The summed E-state index contributed by atoms with van der Waals surface area (Å²) in [5, 5.41) is 6.03. The minimum atomic E-state index is -4.38. The van der Waals surface area contributed by atoms with Crippen molar-refractivity contribution in [3.05, 3.63) is 40.8 Å². The second kappa shape index (κ2) is 10.1. The van der Waals surface area contributed by atoms with Crippen LogP contribution in [-0.4, -0.2) is 62.3 Å². The zero-order chi connectivity index (χ0) is 25.2. The van der Waals surface area contributed by atoms with Crippen molar-refractivity contribution in [3.63, 3.8) is 0 Å². The number of aryl methyl sites for hydroxylation is 1. The van der Waals surface area contributed by atoms with Gasteiger partial charge in [0.15, 0.2) is 5.03 Å². The Labute approximate surface area is 198 Å². The Morgan fingerprint density at radius 3 is 2.44 bits per heavy atom. The third kappa shape index (κ3) is 5.55. The Kier molecular flexibility index (Phi) is 7.61. The molecule has 1 aromatic heterocycles. The molecule has 34 heavy (non-hydrogen) atoms. The lowest BCUT2D eigenvalue weighted by Crippen LogP contribution is -2.35. The number of carbonyl (C=O) groups excluding carboxylic acids is 2. The number of anilines is 1. The Morgan fingerprint density at radius 1 is 1.21 bits per heavy atom. The van der Waals surface area contributed by atoms with Crippen LogP contribution >= 0.6 is 0 Å². The zero-order valence-electron chi connectivity index (χ0n) is 19.9. The topological polar surface area (TPSA) is 123 Å². The van der Waals surface area contributed by atoms with E-state index in [1.807, 2.05) is 18.6 Å². The molecule has 1 saturated heterocycles. The number of urea groups is 1. The first-order valence-corrected chi connectivity index (χ1v) is 12.4. The van der Waals surface area contributed by atoms with Crippen molar-refractivity contribution in [1.82, 2.24) is 19.4 Å². The van der Waals surface area contributed by atoms with Crippen molar-refractivity contribution < 1.29 is 27.1 Å². The molecule has 0 saturated carbocycles. The highest BCUT2D eigenvalue weighted by molar-refractivity contribution is 7.90. The van der Waals surface area contributed by atoms with Gasteiger partial charge in [-0.15, -0.1) is 0 Å². The SMILES string of the molecule is CC(C)c1cc(F)cc(C2CCOCC2)c1NC(=O)NS(=O)(=O)c1cc(C(=O)N(C)C)n(C)n1. The zero-order valence-corrected chi connectivity index (χ0v) is 20.7. The van der Waals surface area contributed by atoms with E-state index in [0.29, 0.717) is 42.9 Å². The number of halogens is 1. The molecule has 0 atom stereocenters. The van der Waals surface area contributed by atoms with Crippen LogP contribution in [0, 0.1) is 5.82 Å². The number of nitrogens with zero attached hydrogens (tertiary/aromatic N) is 3. The maximum absolute atomic E-state index is 14.4. The molecule has 1 aliphatic heterocycles. The van der Waals surface area contributed by atoms with E-state index in [4.69, 9.17) is 4.74 Å². The summed E-state index contributed by atoms with van der Waals surface area (Å²) in [6.45, 7) is 4.76. The Hall–Kier alpha value is -2.99. The molecule has 186 valence electrons. The van der Waals surface area contributed by atoms with Gasteiger partial charge in [-0.3, -0.25) is 9.48 Å². The van der Waals surface area contributed by atoms with E-state index in [1.165, 1.54) is 38.2 Å². The van der Waals surface area contributed by atoms with Crippen LogP contribution < -0.4 is 10.0 Å². The number of benzene rings is 1. The molecule has 3 amide bonds. The van der Waals surface area contributed by atoms with Crippen LogP contribution in [0.25, 0.3) is 0 Å². The van der Waals surface area contributed by atoms with Gasteiger partial charge in [0.1, 0.15) is 11.5 Å². The maximum Gasteiger partial charge on any atom is 0.333 e. The van der Waals surface area contributed by atoms with E-state index in [1.54, 1.807) is 0 Å². The van der Waals surface area contributed by atoms with Crippen molar-refractivity contribution in [2.24, 2.45) is 7.05 Å². The van der Waals surface area contributed by atoms with Gasteiger partial charge in [-0.2, -0.15) is 13.5 Å². The summed E-state index contributed by atoms with van der Waals surface area (Å²) in [7, 11) is 0.112. The van der Waals surface area contributed by atoms with Crippen LogP contribution in [0.15, 0.2) is 23.2 Å². The summed E-state index contributed by atoms with van der Waals surface area (Å²) in [5.74, 6) is -1.02. The second-order valence-corrected chi connectivity index (χ2v) is 10.4. The van der Waals surface area contributed by atoms with E-state index in [9.17, 15) is 22.4 Å². The summed E-state index contributed by atoms with van der Waals surface area (Å²) in [6.07, 6.45) is 1.32. The van der Waals surface area contributed by atoms with Crippen LogP contribution in [0.3, 0.4) is 0 Å². The van der Waals surface area contributed by atoms with Crippen LogP contribution in [0.4, 0.5) is 14.9 Å². The Bertz CT molecular complexity index is 1190. The van der Waals surface area contributed by atoms with Gasteiger partial charge in [0.05, 0.1) is 0 Å². The molecule has 1 fully saturated rings. The van der Waals surface area contributed by atoms with Crippen LogP contribution in [0.5, 0.6) is 0 Å². The van der Waals surface area contributed by atoms with Gasteiger partial charge in [0, 0.05) is 46.1 Å². The maximum atomic E-state index is 14.4. The molecule has 12 heteroatoms. The highest BCUT2D eigenvalue weighted by Gasteiger charge is 2.28. The summed E-state index contributed by atoms with van der Waals surface area (Å²) in [6, 6.07) is 2.82. The number of aromatic nitrogens is 2. The smallest absolute Gasteiger partial charge is 0.333 e. The highest BCUT2D eigenvalue weighted by Crippen LogP contribution is 2.37. The third-order valence-corrected chi connectivity index (χ3v) is 6.88. The molecular weight excluding hydrogens is 465 g/mol. The number of sulfonamides is 1. The number of amides is 3. The molecule has 10 nitrogen and oxygen atoms in total. The molecular formula is C22H30FN5O5S. The lowest BCUT2D eigenvalue weighted by Gasteiger charge is -2.27. The number of nitrogens with one attached hydrogen (secondary N) is 2. The normalized spacial score (nSPS) is 14.8. The molecule has 0 spiro atoms. The van der Waals surface area contributed by atoms with Gasteiger partial charge in [-0.25, -0.2) is 13.9 Å². The molecule has 1 aromatic carbocycles. The first-order valence-electron chi connectivity index (χ1n) is 10.9. The molecule has 2 heterocycles. The summed E-state index contributed by atoms with van der Waals surface area (Å²) < 4.78 is 48.5. The summed E-state index contributed by atoms with van der Waals surface area (Å²) >= 11 is 0. The monoisotopic (exact) mass is 495 g/mol. The van der Waals surface area contributed by atoms with Gasteiger partial charge in [-0.05, 0) is 47.9 Å². The van der Waals surface area contributed by atoms with Crippen molar-refractivity contribution in [2.75, 3.05) is 32.6 Å². The molecule has 2 aromatic rings. The van der Waals surface area contributed by atoms with Crippen molar-refractivity contribution in [3.8, 4) is 0 Å². The van der Waals surface area contributed by atoms with Crippen LogP contribution in [0.1, 0.15) is 60.1 Å². The molecule has 0 radical (unpaired) electrons. The average molecular weight is 496 g/mol. The fraction of sp³-hybridized carbons (Fsp3) is 0.500. The number of hydrogen-bond donors (Lipinski definition) is 2. The first-order chi connectivity index (χ1) is 15.9. The predicted octanol–water partition coefficient (Wildman–Crippen LogP) is 2.79. The number of rotatable bonds is 6. The van der Waals surface area contributed by atoms with E-state index in [-0.39, 0.29) is 17.5 Å². The molecule has 0 unspecified atom stereocenters. The van der Waals surface area contributed by atoms with Gasteiger partial charge < -0.3 is 15.0 Å². The molecule has 0 aliphatic carbocycles. The van der Waals surface area contributed by atoms with E-state index >= 15 is 0 Å². The fourth-order valence-corrected chi connectivity index (χ4v) is 4.79. The minimum Gasteiger partial charge on any atom is -0.381 e. The third-order valence-electron chi connectivity index (χ3n) is 5.67. The lowest BCUT2D eigenvalue weighted by atomic mass is 9.86. The predicted molar refractivity (Wildman–Crippen MR) is 124 cm³/mol. The number of ether oxygens (including phenoxy) is 1. The minimum absolute atomic E-state index is 0.0377. The van der Waals surface area contributed by atoms with E-state index in [0.717, 1.165) is 10.7 Å². The van der Waals surface area contributed by atoms with Gasteiger partial charge in [0.2, 0.25) is 0 Å². The van der Waals surface area contributed by atoms with Crippen molar-refractivity contribution >= 4 is 27.6 Å². The standard InChI is InChI=1S/C22H30FN5O5S/c1-13(2)16-10-15(23)11-17(14-6-8-33-9-7-14)20(16)24-22(30)26-34(31,32)19-12-18(28(5)25-19)21(29)27(3)4/h10-14H,6-9H2,1-5H3,(H2,24,26,30). The van der Waals surface area contributed by atoms with Gasteiger partial charge in [0.25, 0.3) is 15.9 Å². The molecule has 2 N–H and O–H groups in total. The number of carbonyl (C=O) groups is 2. The van der Waals surface area contributed by atoms with Gasteiger partial charge >= 0.3 is 6.03 Å². The Balaban J connectivity index is 1.89. The number of hydrogen-bond acceptors (Lipinski definition) is 6. The average Bonchev–Trinajstić information content (AvgIpc) is 3.16. The van der Waals surface area contributed by atoms with Crippen LogP contribution in [-0.2, 0) is 21.8 Å².